The van der Waals surface area contributed by atoms with Crippen molar-refractivity contribution in [3.05, 3.63) is 63.7 Å². The number of nitrogens with one attached hydrogen (secondary N) is 1. The summed E-state index contributed by atoms with van der Waals surface area (Å²) in [7, 11) is 4.76. The molecule has 11 heteroatoms. The van der Waals surface area contributed by atoms with E-state index in [0.717, 1.165) is 11.3 Å². The molecule has 2 aromatic carbocycles. The van der Waals surface area contributed by atoms with Crippen LogP contribution in [0.15, 0.2) is 47.4 Å². The van der Waals surface area contributed by atoms with Crippen LogP contribution in [0.1, 0.15) is 10.4 Å². The average molecular weight is 509 g/mol. The number of H-pyrrole nitrogens is 1. The zero-order chi connectivity index (χ0) is 25.4. The van der Waals surface area contributed by atoms with Crippen molar-refractivity contribution in [2.24, 2.45) is 7.05 Å². The molecular weight excluding hydrogens is 484 g/mol. The van der Waals surface area contributed by atoms with Gasteiger partial charge in [0.2, 0.25) is 0 Å². The lowest BCUT2D eigenvalue weighted by Gasteiger charge is -2.36. The molecule has 1 fully saturated rings. The number of hydrogen-bond acceptors (Lipinski definition) is 7. The average Bonchev–Trinajstić information content (AvgIpc) is 3.25. The highest BCUT2D eigenvalue weighted by Crippen LogP contribution is 2.29. The highest BCUT2D eigenvalue weighted by molar-refractivity contribution is 6.32. The Balaban J connectivity index is 1.33. The second-order valence-corrected chi connectivity index (χ2v) is 8.80. The highest BCUT2D eigenvalue weighted by Gasteiger charge is 2.25. The molecule has 0 aliphatic carbocycles. The lowest BCUT2D eigenvalue weighted by Crippen LogP contribution is -2.48. The molecule has 0 spiro atoms. The van der Waals surface area contributed by atoms with Gasteiger partial charge in [-0.25, -0.2) is 4.98 Å². The van der Waals surface area contributed by atoms with Crippen LogP contribution in [0.2, 0.25) is 5.15 Å². The molecule has 5 rings (SSSR count). The topological polar surface area (TPSA) is 106 Å². The third kappa shape index (κ3) is 4.24. The summed E-state index contributed by atoms with van der Waals surface area (Å²) in [6.45, 7) is 2.53. The molecule has 3 heterocycles. The fourth-order valence-electron chi connectivity index (χ4n) is 4.36. The number of nitrogens with zero attached hydrogens (tertiary/aromatic N) is 5. The van der Waals surface area contributed by atoms with Crippen LogP contribution in [-0.2, 0) is 7.05 Å². The molecule has 2 aromatic heterocycles. The number of carbonyl (C=O) groups is 1. The molecule has 0 bridgehead atoms. The van der Waals surface area contributed by atoms with Crippen molar-refractivity contribution in [2.75, 3.05) is 45.3 Å². The van der Waals surface area contributed by atoms with Gasteiger partial charge in [-0.3, -0.25) is 14.3 Å². The first-order valence-corrected chi connectivity index (χ1v) is 11.8. The minimum atomic E-state index is -0.284. The van der Waals surface area contributed by atoms with E-state index >= 15 is 0 Å². The first-order valence-electron chi connectivity index (χ1n) is 11.4. The number of aryl methyl sites for hydroxylation is 1. The van der Waals surface area contributed by atoms with Gasteiger partial charge in [0.15, 0.2) is 0 Å². The Morgan fingerprint density at radius 3 is 2.39 bits per heavy atom. The molecule has 36 heavy (non-hydrogen) atoms. The molecule has 0 unspecified atom stereocenters. The minimum absolute atomic E-state index is 0.109. The number of aromatic nitrogens is 4. The molecule has 10 nitrogen and oxygen atoms in total. The molecule has 0 radical (unpaired) electrons. The number of hydrogen-bond donors (Lipinski definition) is 1. The van der Waals surface area contributed by atoms with Crippen LogP contribution in [0.5, 0.6) is 11.5 Å². The number of methoxy groups -OCH3 is 2. The third-order valence-electron chi connectivity index (χ3n) is 6.37. The zero-order valence-electron chi connectivity index (χ0n) is 20.1. The summed E-state index contributed by atoms with van der Waals surface area (Å²) < 4.78 is 12.2. The number of carbonyl (C=O) groups excluding carboxylic acids is 1. The molecule has 1 aliphatic rings. The van der Waals surface area contributed by atoms with Gasteiger partial charge < -0.3 is 24.3 Å². The molecular formula is C25H25ClN6O4. The molecule has 4 aromatic rings. The summed E-state index contributed by atoms with van der Waals surface area (Å²) in [6.07, 6.45) is 1.51. The number of halogens is 1. The van der Waals surface area contributed by atoms with Gasteiger partial charge in [0.25, 0.3) is 11.5 Å². The van der Waals surface area contributed by atoms with Crippen molar-refractivity contribution in [3.63, 3.8) is 0 Å². The number of benzene rings is 2. The van der Waals surface area contributed by atoms with Gasteiger partial charge in [-0.1, -0.05) is 11.6 Å². The van der Waals surface area contributed by atoms with Gasteiger partial charge in [-0.05, 0) is 24.3 Å². The van der Waals surface area contributed by atoms with E-state index in [2.05, 4.69) is 20.0 Å². The minimum Gasteiger partial charge on any atom is -0.497 e. The second kappa shape index (κ2) is 9.54. The summed E-state index contributed by atoms with van der Waals surface area (Å²) >= 11 is 6.19. The van der Waals surface area contributed by atoms with E-state index in [1.54, 1.807) is 31.2 Å². The van der Waals surface area contributed by atoms with E-state index < -0.39 is 0 Å². The van der Waals surface area contributed by atoms with E-state index in [9.17, 15) is 9.59 Å². The normalized spacial score (nSPS) is 13.8. The summed E-state index contributed by atoms with van der Waals surface area (Å²) in [5, 5.41) is 4.77. The molecule has 1 N–H and O–H groups in total. The maximum Gasteiger partial charge on any atom is 0.262 e. The maximum absolute atomic E-state index is 12.8. The number of amides is 1. The number of aromatic amines is 1. The lowest BCUT2D eigenvalue weighted by atomic mass is 10.1. The van der Waals surface area contributed by atoms with Crippen LogP contribution in [-0.4, -0.2) is 71.0 Å². The molecule has 1 amide bonds. The van der Waals surface area contributed by atoms with Crippen LogP contribution >= 0.6 is 11.6 Å². The standard InChI is InChI=1S/C25H25ClN6O4/c1-30-22(26)18(14-27-30)25(34)32-10-8-31(9-11-32)16-6-4-15(5-7-16)23-28-19-12-17(35-2)13-20(36-3)21(19)24(33)29-23/h4-7,12-14H,8-11H2,1-3H3,(H,28,29,33). The number of rotatable bonds is 5. The first kappa shape index (κ1) is 23.7. The molecule has 1 saturated heterocycles. The summed E-state index contributed by atoms with van der Waals surface area (Å²) in [6, 6.07) is 11.2. The van der Waals surface area contributed by atoms with Crippen molar-refractivity contribution in [3.8, 4) is 22.9 Å². The summed E-state index contributed by atoms with van der Waals surface area (Å²) in [4.78, 5) is 37.1. The summed E-state index contributed by atoms with van der Waals surface area (Å²) in [5.74, 6) is 1.31. The van der Waals surface area contributed by atoms with Crippen molar-refractivity contribution in [1.29, 1.82) is 0 Å². The molecule has 1 aliphatic heterocycles. The van der Waals surface area contributed by atoms with Gasteiger partial charge in [0, 0.05) is 56.6 Å². The Hall–Kier alpha value is -4.05. The number of ether oxygens (including phenoxy) is 2. The maximum atomic E-state index is 12.8. The molecule has 0 saturated carbocycles. The van der Waals surface area contributed by atoms with Gasteiger partial charge in [0.05, 0.1) is 31.5 Å². The largest absolute Gasteiger partial charge is 0.497 e. The fraction of sp³-hybridized carbons (Fsp3) is 0.280. The van der Waals surface area contributed by atoms with Gasteiger partial charge in [-0.15, -0.1) is 0 Å². The van der Waals surface area contributed by atoms with E-state index in [1.807, 2.05) is 24.3 Å². The number of fused-ring (bicyclic) bond motifs is 1. The van der Waals surface area contributed by atoms with Crippen molar-refractivity contribution in [2.45, 2.75) is 0 Å². The van der Waals surface area contributed by atoms with E-state index in [1.165, 1.54) is 18.0 Å². The van der Waals surface area contributed by atoms with Crippen LogP contribution in [0, 0.1) is 0 Å². The summed E-state index contributed by atoms with van der Waals surface area (Å²) in [5.41, 5.74) is 2.43. The van der Waals surface area contributed by atoms with Gasteiger partial charge >= 0.3 is 0 Å². The third-order valence-corrected chi connectivity index (χ3v) is 6.82. The van der Waals surface area contributed by atoms with Gasteiger partial charge in [0.1, 0.15) is 27.9 Å². The monoisotopic (exact) mass is 508 g/mol. The van der Waals surface area contributed by atoms with E-state index in [0.29, 0.717) is 65.1 Å². The zero-order valence-corrected chi connectivity index (χ0v) is 20.9. The van der Waals surface area contributed by atoms with E-state index in [4.69, 9.17) is 21.1 Å². The fourth-order valence-corrected chi connectivity index (χ4v) is 4.53. The van der Waals surface area contributed by atoms with Crippen molar-refractivity contribution < 1.29 is 14.3 Å². The van der Waals surface area contributed by atoms with Crippen LogP contribution in [0.4, 0.5) is 5.69 Å². The SMILES string of the molecule is COc1cc(OC)c2c(=O)[nH]c(-c3ccc(N4CCN(C(=O)c5cnn(C)c5Cl)CC4)cc3)nc2c1. The van der Waals surface area contributed by atoms with Gasteiger partial charge in [-0.2, -0.15) is 5.10 Å². The second-order valence-electron chi connectivity index (χ2n) is 8.44. The van der Waals surface area contributed by atoms with Crippen LogP contribution < -0.4 is 19.9 Å². The Bertz CT molecular complexity index is 1490. The van der Waals surface area contributed by atoms with Crippen molar-refractivity contribution >= 4 is 34.1 Å². The Morgan fingerprint density at radius 1 is 1.06 bits per heavy atom. The number of anilines is 1. The molecule has 186 valence electrons. The first-order chi connectivity index (χ1) is 17.4. The van der Waals surface area contributed by atoms with Crippen molar-refractivity contribution in [1.82, 2.24) is 24.6 Å². The van der Waals surface area contributed by atoms with Crippen LogP contribution in [0.3, 0.4) is 0 Å². The predicted octanol–water partition coefficient (Wildman–Crippen LogP) is 2.96. The number of piperazine rings is 1. The highest BCUT2D eigenvalue weighted by atomic mass is 35.5. The van der Waals surface area contributed by atoms with E-state index in [-0.39, 0.29) is 11.5 Å². The quantitative estimate of drug-likeness (QED) is 0.442. The Morgan fingerprint density at radius 2 is 1.78 bits per heavy atom. The Labute approximate surface area is 212 Å². The molecule has 0 atom stereocenters. The Kier molecular flexibility index (Phi) is 6.27. The predicted molar refractivity (Wildman–Crippen MR) is 137 cm³/mol. The lowest BCUT2D eigenvalue weighted by molar-refractivity contribution is 0.0747. The smallest absolute Gasteiger partial charge is 0.262 e. The van der Waals surface area contributed by atoms with Crippen LogP contribution in [0.25, 0.3) is 22.3 Å².